The van der Waals surface area contributed by atoms with Crippen LogP contribution in [0.2, 0.25) is 0 Å². The maximum Gasteiger partial charge on any atom is 0.472 e. The summed E-state index contributed by atoms with van der Waals surface area (Å²) in [7, 11) is 0. The van der Waals surface area contributed by atoms with Gasteiger partial charge in [-0.1, -0.05) is 0 Å². The van der Waals surface area contributed by atoms with Gasteiger partial charge in [0, 0.05) is 0 Å². The highest BCUT2D eigenvalue weighted by Crippen LogP contribution is 2.57. The molecule has 0 aromatic rings. The Morgan fingerprint density at radius 2 is 1.08 bits per heavy atom. The molecule has 0 heterocycles. The first kappa shape index (κ1) is 22.1. The predicted molar refractivity (Wildman–Crippen MR) is 43.8 cm³/mol. The summed E-state index contributed by atoms with van der Waals surface area (Å²) in [5.74, 6) is -34.4. The van der Waals surface area contributed by atoms with Gasteiger partial charge in [0.1, 0.15) is 0 Å². The third-order valence-corrected chi connectivity index (χ3v) is 2.18. The van der Waals surface area contributed by atoms with E-state index in [1.165, 1.54) is 0 Å². The molecule has 0 atom stereocenters. The molecule has 24 heavy (non-hydrogen) atoms. The largest absolute Gasteiger partial charge is 0.477 e. The lowest BCUT2D eigenvalue weighted by Gasteiger charge is -2.37. The molecule has 0 fully saturated rings. The molecule has 142 valence electrons. The Morgan fingerprint density at radius 3 is 1.38 bits per heavy atom. The lowest BCUT2D eigenvalue weighted by atomic mass is 9.98. The van der Waals surface area contributed by atoms with Crippen molar-refractivity contribution in [3.8, 4) is 0 Å². The summed E-state index contributed by atoms with van der Waals surface area (Å²) in [6.07, 6.45) is -11.1. The molecule has 0 aliphatic rings. The Hall–Kier alpha value is -1.90. The van der Waals surface area contributed by atoms with Crippen LogP contribution in [-0.4, -0.2) is 40.9 Å². The van der Waals surface area contributed by atoms with E-state index in [9.17, 15) is 61.9 Å². The van der Waals surface area contributed by atoms with Crippen molar-refractivity contribution in [2.45, 2.75) is 29.8 Å². The summed E-state index contributed by atoms with van der Waals surface area (Å²) < 4.78 is 164. The Balaban J connectivity index is 6.17. The van der Waals surface area contributed by atoms with Gasteiger partial charge in [-0.3, -0.25) is 0 Å². The van der Waals surface area contributed by atoms with Crippen LogP contribution in [0.3, 0.4) is 0 Å². The highest BCUT2D eigenvalue weighted by atomic mass is 19.4. The van der Waals surface area contributed by atoms with E-state index in [4.69, 9.17) is 5.11 Å². The van der Waals surface area contributed by atoms with Crippen LogP contribution < -0.4 is 0 Å². The predicted octanol–water partition coefficient (Wildman–Crippen LogP) is 4.26. The Kier molecular flexibility index (Phi) is 5.41. The Bertz CT molecular complexity index is 533. The number of hydrogen-bond acceptors (Lipinski definition) is 2. The van der Waals surface area contributed by atoms with Crippen molar-refractivity contribution in [1.82, 2.24) is 0 Å². The van der Waals surface area contributed by atoms with Crippen molar-refractivity contribution in [2.24, 2.45) is 0 Å². The van der Waals surface area contributed by atoms with Gasteiger partial charge in [-0.15, -0.1) is 0 Å². The third kappa shape index (κ3) is 3.04. The molecule has 0 spiro atoms. The van der Waals surface area contributed by atoms with E-state index < -0.39 is 47.9 Å². The van der Waals surface area contributed by atoms with E-state index in [1.54, 1.807) is 4.74 Å². The summed E-state index contributed by atoms with van der Waals surface area (Å²) in [5, 5.41) is 7.63. The maximum atomic E-state index is 12.9. The number of carbonyl (C=O) groups is 1. The third-order valence-electron chi connectivity index (χ3n) is 2.18. The number of halogens is 13. The highest BCUT2D eigenvalue weighted by Gasteiger charge is 2.89. The molecule has 0 aromatic carbocycles. The van der Waals surface area contributed by atoms with Crippen molar-refractivity contribution < 1.29 is 71.7 Å². The number of hydrogen-bond donors (Lipinski definition) is 1. The van der Waals surface area contributed by atoms with Crippen LogP contribution in [0.5, 0.6) is 0 Å². The second-order valence-corrected chi connectivity index (χ2v) is 3.76. The van der Waals surface area contributed by atoms with Crippen LogP contribution in [0.1, 0.15) is 0 Å². The van der Waals surface area contributed by atoms with E-state index in [1.807, 2.05) is 0 Å². The molecule has 0 saturated heterocycles. The van der Waals surface area contributed by atoms with Gasteiger partial charge in [0.05, 0.1) is 0 Å². The molecule has 16 heteroatoms. The van der Waals surface area contributed by atoms with Crippen LogP contribution in [0.15, 0.2) is 12.1 Å². The number of carboxylic acids is 1. The van der Waals surface area contributed by atoms with Crippen molar-refractivity contribution in [3.63, 3.8) is 0 Å². The van der Waals surface area contributed by atoms with E-state index >= 15 is 0 Å². The van der Waals surface area contributed by atoms with E-state index in [0.29, 0.717) is 0 Å². The molecule has 0 aromatic heterocycles. The van der Waals surface area contributed by atoms with Crippen LogP contribution in [0.25, 0.3) is 0 Å². The quantitative estimate of drug-likeness (QED) is 0.521. The molecule has 0 aliphatic carbocycles. The molecule has 0 rings (SSSR count). The molecule has 0 saturated carbocycles. The minimum absolute atomic E-state index is 1.79. The van der Waals surface area contributed by atoms with E-state index in [2.05, 4.69) is 0 Å². The van der Waals surface area contributed by atoms with Crippen LogP contribution >= 0.6 is 0 Å². The van der Waals surface area contributed by atoms with Crippen LogP contribution in [0, 0.1) is 0 Å². The lowest BCUT2D eigenvalue weighted by molar-refractivity contribution is -0.439. The molecule has 0 amide bonds. The average Bonchev–Trinajstić information content (AvgIpc) is 2.36. The fraction of sp³-hybridized carbons (Fsp3) is 0.625. The average molecular weight is 392 g/mol. The Labute approximate surface area is 121 Å². The van der Waals surface area contributed by atoms with Crippen molar-refractivity contribution in [3.05, 3.63) is 12.1 Å². The summed E-state index contributed by atoms with van der Waals surface area (Å²) in [4.78, 5) is 9.76. The van der Waals surface area contributed by atoms with Gasteiger partial charge < -0.3 is 9.84 Å². The number of rotatable bonds is 7. The summed E-state index contributed by atoms with van der Waals surface area (Å²) in [5.41, 5.74) is 0. The zero-order valence-electron chi connectivity index (χ0n) is 10.2. The first-order chi connectivity index (χ1) is 10.3. The van der Waals surface area contributed by atoms with Gasteiger partial charge in [-0.25, -0.2) is 4.79 Å². The number of aliphatic carboxylic acids is 1. The van der Waals surface area contributed by atoms with Gasteiger partial charge >= 0.3 is 47.9 Å². The second-order valence-electron chi connectivity index (χ2n) is 3.76. The second kappa shape index (κ2) is 5.87. The zero-order valence-corrected chi connectivity index (χ0v) is 10.2. The zero-order chi connectivity index (χ0) is 19.9. The van der Waals surface area contributed by atoms with Crippen molar-refractivity contribution >= 4 is 5.97 Å². The van der Waals surface area contributed by atoms with Gasteiger partial charge in [-0.2, -0.15) is 57.1 Å². The summed E-state index contributed by atoms with van der Waals surface area (Å²) >= 11 is 0. The topological polar surface area (TPSA) is 46.5 Å². The molecular weight excluding hydrogens is 391 g/mol. The van der Waals surface area contributed by atoms with Gasteiger partial charge in [0.25, 0.3) is 0 Å². The molecule has 0 aliphatic heterocycles. The van der Waals surface area contributed by atoms with Gasteiger partial charge in [-0.05, 0) is 0 Å². The molecule has 0 bridgehead atoms. The first-order valence-electron chi connectivity index (χ1n) is 4.79. The number of carboxylic acid groups (broad SMARTS) is 1. The molecule has 0 unspecified atom stereocenters. The monoisotopic (exact) mass is 392 g/mol. The molecule has 3 nitrogen and oxygen atoms in total. The van der Waals surface area contributed by atoms with Gasteiger partial charge in [0.15, 0.2) is 0 Å². The Morgan fingerprint density at radius 1 is 0.708 bits per heavy atom. The SMILES string of the molecule is O=C(O)C(F)(F)C(F)(F)C(F)(F)C(F)(F)C(F)(F)OC(F)=C(F)F. The minimum Gasteiger partial charge on any atom is -0.477 e. The fourth-order valence-electron chi connectivity index (χ4n) is 0.927. The van der Waals surface area contributed by atoms with Crippen molar-refractivity contribution in [2.75, 3.05) is 0 Å². The molecule has 0 radical (unpaired) electrons. The summed E-state index contributed by atoms with van der Waals surface area (Å²) in [6, 6.07) is -3.90. The van der Waals surface area contributed by atoms with Crippen LogP contribution in [0.4, 0.5) is 57.1 Å². The minimum atomic E-state index is -7.89. The van der Waals surface area contributed by atoms with Crippen LogP contribution in [-0.2, 0) is 9.53 Å². The standard InChI is InChI=1S/C8HF13O3/c9-1(10)2(11)24-8(20,21)7(18,19)6(16,17)5(14,15)4(12,13)3(22)23/h(H,22,23). The maximum absolute atomic E-state index is 12.9. The fourth-order valence-corrected chi connectivity index (χ4v) is 0.927. The van der Waals surface area contributed by atoms with Crippen molar-refractivity contribution in [1.29, 1.82) is 0 Å². The lowest BCUT2D eigenvalue weighted by Crippen LogP contribution is -2.69. The van der Waals surface area contributed by atoms with Gasteiger partial charge in [0.2, 0.25) is 0 Å². The smallest absolute Gasteiger partial charge is 0.472 e. The summed E-state index contributed by atoms with van der Waals surface area (Å²) in [6.45, 7) is 0. The first-order valence-corrected chi connectivity index (χ1v) is 4.79. The number of alkyl halides is 10. The molecule has 1 N–H and O–H groups in total. The van der Waals surface area contributed by atoms with E-state index in [-0.39, 0.29) is 0 Å². The normalized spacial score (nSPS) is 14.4. The highest BCUT2D eigenvalue weighted by molar-refractivity contribution is 5.77. The van der Waals surface area contributed by atoms with E-state index in [0.717, 1.165) is 0 Å². The number of ether oxygens (including phenoxy) is 1. The molecular formula is C8HF13O3.